The minimum Gasteiger partial charge on any atom is -0.481 e. The standard InChI is InChI=1S/C20H34O2/c1-2-5-16-8-12-18(13-9-16)19-14-10-17(11-15-19)6-3-4-7-20(21)22/h3,6,16-19H,2,4-5,7-15H2,1H3,(H,21,22)/t16-,17-,18-,19-. The van der Waals surface area contributed by atoms with Crippen LogP contribution in [0.25, 0.3) is 0 Å². The van der Waals surface area contributed by atoms with Crippen molar-refractivity contribution in [3.05, 3.63) is 12.2 Å². The van der Waals surface area contributed by atoms with Crippen LogP contribution in [0.15, 0.2) is 12.2 Å². The SMILES string of the molecule is CCC[C@H]1CC[C@H]([C@H]2CC[C@H](C=CCCC(=O)O)CC2)CC1. The van der Waals surface area contributed by atoms with Crippen LogP contribution in [-0.4, -0.2) is 11.1 Å². The van der Waals surface area contributed by atoms with Gasteiger partial charge in [-0.05, 0) is 68.6 Å². The van der Waals surface area contributed by atoms with Crippen molar-refractivity contribution < 1.29 is 9.90 Å². The summed E-state index contributed by atoms with van der Waals surface area (Å²) in [5.41, 5.74) is 0. The van der Waals surface area contributed by atoms with Crippen LogP contribution >= 0.6 is 0 Å². The highest BCUT2D eigenvalue weighted by molar-refractivity contribution is 5.66. The molecular weight excluding hydrogens is 272 g/mol. The number of hydrogen-bond acceptors (Lipinski definition) is 1. The van der Waals surface area contributed by atoms with E-state index >= 15 is 0 Å². The molecule has 126 valence electrons. The molecule has 0 aromatic rings. The molecular formula is C20H34O2. The van der Waals surface area contributed by atoms with Crippen molar-refractivity contribution >= 4 is 5.97 Å². The van der Waals surface area contributed by atoms with E-state index in [9.17, 15) is 4.79 Å². The number of hydrogen-bond donors (Lipinski definition) is 1. The lowest BCUT2D eigenvalue weighted by Gasteiger charge is -2.37. The Labute approximate surface area is 136 Å². The van der Waals surface area contributed by atoms with Crippen molar-refractivity contribution in [3.8, 4) is 0 Å². The first-order valence-corrected chi connectivity index (χ1v) is 9.57. The van der Waals surface area contributed by atoms with Crippen molar-refractivity contribution in [1.82, 2.24) is 0 Å². The first-order valence-electron chi connectivity index (χ1n) is 9.57. The molecule has 0 radical (unpaired) electrons. The lowest BCUT2D eigenvalue weighted by atomic mass is 9.68. The Morgan fingerprint density at radius 2 is 1.59 bits per heavy atom. The maximum absolute atomic E-state index is 10.5. The zero-order valence-electron chi connectivity index (χ0n) is 14.3. The largest absolute Gasteiger partial charge is 0.481 e. The Hall–Kier alpha value is -0.790. The van der Waals surface area contributed by atoms with E-state index in [1.54, 1.807) is 0 Å². The second kappa shape index (κ2) is 9.37. The van der Waals surface area contributed by atoms with Crippen molar-refractivity contribution in [2.24, 2.45) is 23.7 Å². The van der Waals surface area contributed by atoms with Crippen molar-refractivity contribution in [1.29, 1.82) is 0 Å². The van der Waals surface area contributed by atoms with Gasteiger partial charge in [0.15, 0.2) is 0 Å². The second-order valence-corrected chi connectivity index (χ2v) is 7.60. The minimum atomic E-state index is -0.688. The Morgan fingerprint density at radius 1 is 1.00 bits per heavy atom. The molecule has 0 aromatic heterocycles. The topological polar surface area (TPSA) is 37.3 Å². The number of allylic oxidation sites excluding steroid dienone is 2. The van der Waals surface area contributed by atoms with Crippen molar-refractivity contribution in [2.75, 3.05) is 0 Å². The van der Waals surface area contributed by atoms with Crippen LogP contribution in [-0.2, 0) is 4.79 Å². The molecule has 2 rings (SSSR count). The van der Waals surface area contributed by atoms with E-state index in [1.807, 2.05) is 0 Å². The Kier molecular flexibility index (Phi) is 7.48. The molecule has 2 heteroatoms. The summed E-state index contributed by atoms with van der Waals surface area (Å²) in [5.74, 6) is 3.03. The number of carbonyl (C=O) groups is 1. The predicted molar refractivity (Wildman–Crippen MR) is 91.8 cm³/mol. The molecule has 0 atom stereocenters. The highest BCUT2D eigenvalue weighted by Crippen LogP contribution is 2.42. The molecule has 0 bridgehead atoms. The van der Waals surface area contributed by atoms with Crippen LogP contribution in [0.2, 0.25) is 0 Å². The lowest BCUT2D eigenvalue weighted by molar-refractivity contribution is -0.136. The molecule has 2 saturated carbocycles. The highest BCUT2D eigenvalue weighted by Gasteiger charge is 2.29. The molecule has 2 aliphatic rings. The second-order valence-electron chi connectivity index (χ2n) is 7.60. The van der Waals surface area contributed by atoms with Gasteiger partial charge in [0.2, 0.25) is 0 Å². The summed E-state index contributed by atoms with van der Waals surface area (Å²) in [6.45, 7) is 2.32. The third kappa shape index (κ3) is 5.78. The van der Waals surface area contributed by atoms with Crippen LogP contribution < -0.4 is 0 Å². The van der Waals surface area contributed by atoms with Gasteiger partial charge < -0.3 is 5.11 Å². The fourth-order valence-electron chi connectivity index (χ4n) is 4.66. The van der Waals surface area contributed by atoms with Gasteiger partial charge in [0.1, 0.15) is 0 Å². The molecule has 0 spiro atoms. The molecule has 0 aromatic carbocycles. The summed E-state index contributed by atoms with van der Waals surface area (Å²) in [6, 6.07) is 0. The molecule has 22 heavy (non-hydrogen) atoms. The average molecular weight is 306 g/mol. The van der Waals surface area contributed by atoms with E-state index in [4.69, 9.17) is 5.11 Å². The van der Waals surface area contributed by atoms with E-state index in [-0.39, 0.29) is 6.42 Å². The van der Waals surface area contributed by atoms with Crippen LogP contribution in [0, 0.1) is 23.7 Å². The number of aliphatic carboxylic acids is 1. The summed E-state index contributed by atoms with van der Waals surface area (Å²) in [4.78, 5) is 10.5. The summed E-state index contributed by atoms with van der Waals surface area (Å²) in [7, 11) is 0. The van der Waals surface area contributed by atoms with Gasteiger partial charge in [-0.25, -0.2) is 0 Å². The van der Waals surface area contributed by atoms with Gasteiger partial charge in [-0.15, -0.1) is 0 Å². The third-order valence-corrected chi connectivity index (χ3v) is 6.00. The molecule has 0 amide bonds. The zero-order valence-corrected chi connectivity index (χ0v) is 14.3. The van der Waals surface area contributed by atoms with Gasteiger partial charge in [-0.1, -0.05) is 44.8 Å². The van der Waals surface area contributed by atoms with Crippen molar-refractivity contribution in [3.63, 3.8) is 0 Å². The highest BCUT2D eigenvalue weighted by atomic mass is 16.4. The predicted octanol–water partition coefficient (Wildman–Crippen LogP) is 5.82. The summed E-state index contributed by atoms with van der Waals surface area (Å²) in [5, 5.41) is 8.65. The Morgan fingerprint density at radius 3 is 2.14 bits per heavy atom. The minimum absolute atomic E-state index is 0.271. The zero-order chi connectivity index (χ0) is 15.8. The smallest absolute Gasteiger partial charge is 0.303 e. The first kappa shape index (κ1) is 17.6. The quantitative estimate of drug-likeness (QED) is 0.602. The molecule has 0 aliphatic heterocycles. The molecule has 0 heterocycles. The molecule has 0 saturated heterocycles. The Balaban J connectivity index is 1.64. The number of carboxylic acids is 1. The van der Waals surface area contributed by atoms with E-state index in [0.29, 0.717) is 12.3 Å². The van der Waals surface area contributed by atoms with E-state index in [1.165, 1.54) is 64.2 Å². The molecule has 2 nitrogen and oxygen atoms in total. The fourth-order valence-corrected chi connectivity index (χ4v) is 4.66. The summed E-state index contributed by atoms with van der Waals surface area (Å²) >= 11 is 0. The number of carboxylic acid groups (broad SMARTS) is 1. The van der Waals surface area contributed by atoms with Crippen molar-refractivity contribution in [2.45, 2.75) is 84.0 Å². The Bertz CT molecular complexity index is 345. The van der Waals surface area contributed by atoms with Crippen LogP contribution in [0.3, 0.4) is 0 Å². The first-order chi connectivity index (χ1) is 10.7. The van der Waals surface area contributed by atoms with Gasteiger partial charge in [-0.3, -0.25) is 4.79 Å². The van der Waals surface area contributed by atoms with E-state index < -0.39 is 5.97 Å². The third-order valence-electron chi connectivity index (χ3n) is 6.00. The normalized spacial score (nSPS) is 33.1. The van der Waals surface area contributed by atoms with Gasteiger partial charge in [-0.2, -0.15) is 0 Å². The summed E-state index contributed by atoms with van der Waals surface area (Å²) < 4.78 is 0. The van der Waals surface area contributed by atoms with E-state index in [2.05, 4.69) is 19.1 Å². The van der Waals surface area contributed by atoms with E-state index in [0.717, 1.165) is 17.8 Å². The maximum Gasteiger partial charge on any atom is 0.303 e. The average Bonchev–Trinajstić information content (AvgIpc) is 2.53. The molecule has 2 fully saturated rings. The lowest BCUT2D eigenvalue weighted by Crippen LogP contribution is -2.25. The van der Waals surface area contributed by atoms with Crippen LogP contribution in [0.5, 0.6) is 0 Å². The maximum atomic E-state index is 10.5. The molecule has 0 unspecified atom stereocenters. The van der Waals surface area contributed by atoms with Gasteiger partial charge >= 0.3 is 5.97 Å². The molecule has 2 aliphatic carbocycles. The van der Waals surface area contributed by atoms with Gasteiger partial charge in [0.25, 0.3) is 0 Å². The van der Waals surface area contributed by atoms with Crippen LogP contribution in [0.4, 0.5) is 0 Å². The van der Waals surface area contributed by atoms with Gasteiger partial charge in [0.05, 0.1) is 0 Å². The fraction of sp³-hybridized carbons (Fsp3) is 0.850. The van der Waals surface area contributed by atoms with Crippen LogP contribution in [0.1, 0.15) is 84.0 Å². The molecule has 1 N–H and O–H groups in total. The van der Waals surface area contributed by atoms with Gasteiger partial charge in [0, 0.05) is 6.42 Å². The number of rotatable bonds is 7. The summed E-state index contributed by atoms with van der Waals surface area (Å²) in [6.07, 6.45) is 19.5. The monoisotopic (exact) mass is 306 g/mol.